The lowest BCUT2D eigenvalue weighted by molar-refractivity contribution is 0.0763. The number of benzene rings is 2. The lowest BCUT2D eigenvalue weighted by Crippen LogP contribution is -2.24. The van der Waals surface area contributed by atoms with Gasteiger partial charge in [0.2, 0.25) is 0 Å². The lowest BCUT2D eigenvalue weighted by atomic mass is 9.90. The molecule has 2 aliphatic rings. The van der Waals surface area contributed by atoms with Crippen LogP contribution in [-0.4, -0.2) is 30.7 Å². The fourth-order valence-corrected chi connectivity index (χ4v) is 5.20. The molecule has 1 N–H and O–H groups in total. The highest BCUT2D eigenvalue weighted by Gasteiger charge is 2.33. The topological polar surface area (TPSA) is 71.2 Å². The summed E-state index contributed by atoms with van der Waals surface area (Å²) < 4.78 is 17.5. The first kappa shape index (κ1) is 21.9. The zero-order valence-electron chi connectivity index (χ0n) is 20.0. The van der Waals surface area contributed by atoms with Crippen molar-refractivity contribution >= 4 is 16.8 Å². The van der Waals surface area contributed by atoms with Crippen molar-refractivity contribution < 1.29 is 14.3 Å². The number of halogens is 1. The molecule has 0 saturated heterocycles. The summed E-state index contributed by atoms with van der Waals surface area (Å²) in [5, 5.41) is 16.1. The Hall–Kier alpha value is -3.58. The SMILES string of the molecule is Cn1cc2c(-c3cc(F)c(CN4Cc5ncccc5C4=O)c(C4CC4)c3)ccc(C(C)(C)O)c2n1. The number of hydrogen-bond donors (Lipinski definition) is 1. The number of aliphatic hydroxyl groups is 1. The maximum absolute atomic E-state index is 15.8. The molecule has 1 aliphatic carbocycles. The molecule has 3 heterocycles. The van der Waals surface area contributed by atoms with E-state index in [4.69, 9.17) is 0 Å². The third-order valence-electron chi connectivity index (χ3n) is 7.11. The fraction of sp³-hybridized carbons (Fsp3) is 0.321. The zero-order valence-corrected chi connectivity index (χ0v) is 20.0. The van der Waals surface area contributed by atoms with Crippen LogP contribution >= 0.6 is 0 Å². The van der Waals surface area contributed by atoms with E-state index in [1.807, 2.05) is 25.4 Å². The summed E-state index contributed by atoms with van der Waals surface area (Å²) in [6.45, 7) is 4.11. The average molecular weight is 471 g/mol. The van der Waals surface area contributed by atoms with Gasteiger partial charge in [-0.05, 0) is 67.5 Å². The van der Waals surface area contributed by atoms with Crippen LogP contribution in [0.3, 0.4) is 0 Å². The molecule has 0 radical (unpaired) electrons. The third-order valence-corrected chi connectivity index (χ3v) is 7.11. The maximum Gasteiger partial charge on any atom is 0.256 e. The van der Waals surface area contributed by atoms with Crippen LogP contribution < -0.4 is 0 Å². The Morgan fingerprint density at radius 1 is 1.17 bits per heavy atom. The minimum atomic E-state index is -1.05. The van der Waals surface area contributed by atoms with Gasteiger partial charge in [0.25, 0.3) is 5.91 Å². The van der Waals surface area contributed by atoms with Crippen LogP contribution in [0.1, 0.15) is 65.3 Å². The van der Waals surface area contributed by atoms with Crippen molar-refractivity contribution in [1.82, 2.24) is 19.7 Å². The molecule has 178 valence electrons. The molecular formula is C28H27FN4O2. The van der Waals surface area contributed by atoms with Crippen molar-refractivity contribution in [1.29, 1.82) is 0 Å². The summed E-state index contributed by atoms with van der Waals surface area (Å²) in [4.78, 5) is 18.9. The van der Waals surface area contributed by atoms with Crippen molar-refractivity contribution in [2.45, 2.75) is 51.3 Å². The van der Waals surface area contributed by atoms with Crippen LogP contribution in [0.25, 0.3) is 22.0 Å². The first-order chi connectivity index (χ1) is 16.7. The van der Waals surface area contributed by atoms with Crippen LogP contribution in [0.5, 0.6) is 0 Å². The Bertz CT molecular complexity index is 1500. The second-order valence-electron chi connectivity index (χ2n) is 10.2. The number of rotatable bonds is 5. The predicted octanol–water partition coefficient (Wildman–Crippen LogP) is 5.04. The van der Waals surface area contributed by atoms with Crippen LogP contribution in [0.15, 0.2) is 48.8 Å². The van der Waals surface area contributed by atoms with E-state index in [-0.39, 0.29) is 18.3 Å². The largest absolute Gasteiger partial charge is 0.386 e. The Kier molecular flexibility index (Phi) is 4.83. The number of pyridine rings is 1. The van der Waals surface area contributed by atoms with Crippen molar-refractivity contribution in [3.8, 4) is 11.1 Å². The molecule has 4 aromatic rings. The Morgan fingerprint density at radius 2 is 1.97 bits per heavy atom. The van der Waals surface area contributed by atoms with E-state index in [9.17, 15) is 9.90 Å². The van der Waals surface area contributed by atoms with E-state index in [2.05, 4.69) is 16.1 Å². The Balaban J connectivity index is 1.43. The maximum atomic E-state index is 15.8. The zero-order chi connectivity index (χ0) is 24.5. The Labute approximate surface area is 203 Å². The number of fused-ring (bicyclic) bond motifs is 2. The summed E-state index contributed by atoms with van der Waals surface area (Å²) in [5.74, 6) is -0.0972. The van der Waals surface area contributed by atoms with Gasteiger partial charge in [-0.3, -0.25) is 14.5 Å². The average Bonchev–Trinajstić information content (AvgIpc) is 3.50. The molecule has 1 saturated carbocycles. The van der Waals surface area contributed by atoms with Gasteiger partial charge in [0.15, 0.2) is 0 Å². The van der Waals surface area contributed by atoms with Gasteiger partial charge in [-0.2, -0.15) is 5.10 Å². The molecule has 0 atom stereocenters. The summed E-state index contributed by atoms with van der Waals surface area (Å²) in [5.41, 5.74) is 4.96. The van der Waals surface area contributed by atoms with E-state index in [0.717, 1.165) is 46.2 Å². The summed E-state index contributed by atoms with van der Waals surface area (Å²) in [7, 11) is 1.84. The first-order valence-electron chi connectivity index (χ1n) is 12.0. The van der Waals surface area contributed by atoms with Crippen LogP contribution in [0.4, 0.5) is 4.39 Å². The van der Waals surface area contributed by atoms with E-state index in [0.29, 0.717) is 29.1 Å². The van der Waals surface area contributed by atoms with Gasteiger partial charge in [-0.1, -0.05) is 18.2 Å². The van der Waals surface area contributed by atoms with Gasteiger partial charge in [0.1, 0.15) is 5.82 Å². The first-order valence-corrected chi connectivity index (χ1v) is 12.0. The van der Waals surface area contributed by atoms with Gasteiger partial charge in [0, 0.05) is 42.5 Å². The highest BCUT2D eigenvalue weighted by molar-refractivity contribution is 5.98. The van der Waals surface area contributed by atoms with Gasteiger partial charge in [-0.25, -0.2) is 4.39 Å². The van der Waals surface area contributed by atoms with E-state index >= 15 is 4.39 Å². The number of carbonyl (C=O) groups excluding carboxylic acids is 1. The second-order valence-corrected chi connectivity index (χ2v) is 10.2. The Morgan fingerprint density at radius 3 is 2.69 bits per heavy atom. The van der Waals surface area contributed by atoms with E-state index < -0.39 is 5.60 Å². The predicted molar refractivity (Wildman–Crippen MR) is 131 cm³/mol. The number of hydrogen-bond acceptors (Lipinski definition) is 4. The molecule has 1 aliphatic heterocycles. The minimum absolute atomic E-state index is 0.0994. The number of aromatic nitrogens is 3. The minimum Gasteiger partial charge on any atom is -0.386 e. The van der Waals surface area contributed by atoms with Crippen molar-refractivity contribution in [3.63, 3.8) is 0 Å². The number of carbonyl (C=O) groups is 1. The van der Waals surface area contributed by atoms with E-state index in [1.165, 1.54) is 0 Å². The van der Waals surface area contributed by atoms with Gasteiger partial charge < -0.3 is 10.0 Å². The summed E-state index contributed by atoms with van der Waals surface area (Å²) in [6.07, 6.45) is 5.63. The number of amides is 1. The molecule has 2 aromatic heterocycles. The molecular weight excluding hydrogens is 443 g/mol. The standard InChI is InChI=1S/C28H27FN4O2/c1-28(2,35)23-9-8-18(22-13-32(3)31-26(22)23)17-11-20(16-6-7-16)21(24(29)12-17)14-33-15-25-19(27(33)34)5-4-10-30-25/h4-5,8-13,16,35H,6-7,14-15H2,1-3H3. The summed E-state index contributed by atoms with van der Waals surface area (Å²) in [6, 6.07) is 11.0. The second kappa shape index (κ2) is 7.71. The molecule has 6 nitrogen and oxygen atoms in total. The molecule has 1 fully saturated rings. The highest BCUT2D eigenvalue weighted by Crippen LogP contribution is 2.45. The molecule has 0 bridgehead atoms. The molecule has 2 aromatic carbocycles. The van der Waals surface area contributed by atoms with Crippen molar-refractivity contribution in [3.05, 3.63) is 82.6 Å². The van der Waals surface area contributed by atoms with Gasteiger partial charge in [0.05, 0.1) is 28.9 Å². The number of aryl methyl sites for hydroxylation is 1. The van der Waals surface area contributed by atoms with Crippen molar-refractivity contribution in [2.24, 2.45) is 7.05 Å². The normalized spacial score (nSPS) is 15.8. The molecule has 0 unspecified atom stereocenters. The molecule has 6 rings (SSSR count). The van der Waals surface area contributed by atoms with E-state index in [1.54, 1.807) is 47.8 Å². The van der Waals surface area contributed by atoms with Gasteiger partial charge in [-0.15, -0.1) is 0 Å². The fourth-order valence-electron chi connectivity index (χ4n) is 5.20. The monoisotopic (exact) mass is 470 g/mol. The van der Waals surface area contributed by atoms with Crippen LogP contribution in [-0.2, 0) is 25.7 Å². The molecule has 7 heteroatoms. The van der Waals surface area contributed by atoms with Crippen LogP contribution in [0, 0.1) is 5.82 Å². The number of nitrogens with zero attached hydrogens (tertiary/aromatic N) is 4. The molecule has 1 amide bonds. The molecule has 0 spiro atoms. The smallest absolute Gasteiger partial charge is 0.256 e. The van der Waals surface area contributed by atoms with Gasteiger partial charge >= 0.3 is 0 Å². The van der Waals surface area contributed by atoms with Crippen LogP contribution in [0.2, 0.25) is 0 Å². The lowest BCUT2D eigenvalue weighted by Gasteiger charge is -2.21. The quantitative estimate of drug-likeness (QED) is 0.444. The highest BCUT2D eigenvalue weighted by atomic mass is 19.1. The third kappa shape index (κ3) is 3.71. The molecule has 35 heavy (non-hydrogen) atoms. The van der Waals surface area contributed by atoms with Crippen molar-refractivity contribution in [2.75, 3.05) is 0 Å². The summed E-state index contributed by atoms with van der Waals surface area (Å²) >= 11 is 0.